The molecule has 0 aromatic heterocycles. The van der Waals surface area contributed by atoms with E-state index < -0.39 is 24.0 Å². The van der Waals surface area contributed by atoms with Gasteiger partial charge in [0.1, 0.15) is 5.60 Å². The van der Waals surface area contributed by atoms with Crippen molar-refractivity contribution >= 4 is 17.5 Å². The Morgan fingerprint density at radius 2 is 1.71 bits per heavy atom. The molecule has 1 aromatic rings. The van der Waals surface area contributed by atoms with Gasteiger partial charge in [0.05, 0.1) is 0 Å². The second-order valence-electron chi connectivity index (χ2n) is 5.62. The molecule has 0 radical (unpaired) electrons. The van der Waals surface area contributed by atoms with Gasteiger partial charge in [-0.15, -0.1) is 0 Å². The van der Waals surface area contributed by atoms with Crippen LogP contribution in [-0.2, 0) is 14.3 Å². The number of ketones is 2. The van der Waals surface area contributed by atoms with E-state index in [0.717, 1.165) is 6.08 Å². The fraction of sp³-hybridized carbons (Fsp3) is 0.312. The van der Waals surface area contributed by atoms with E-state index in [1.165, 1.54) is 0 Å². The van der Waals surface area contributed by atoms with E-state index in [9.17, 15) is 14.4 Å². The zero-order chi connectivity index (χ0) is 15.6. The SMILES string of the molecule is CC(C)(C)OC(=O)COC1=CC(=O)c2ccccc2C1=O. The summed E-state index contributed by atoms with van der Waals surface area (Å²) < 4.78 is 10.2. The first-order chi connectivity index (χ1) is 9.78. The molecule has 21 heavy (non-hydrogen) atoms. The van der Waals surface area contributed by atoms with Gasteiger partial charge in [-0.05, 0) is 20.8 Å². The molecule has 2 rings (SSSR count). The molecule has 1 aliphatic rings. The Kier molecular flexibility index (Phi) is 3.93. The first-order valence-corrected chi connectivity index (χ1v) is 6.52. The molecule has 0 spiro atoms. The molecule has 0 unspecified atom stereocenters. The number of carbonyl (C=O) groups excluding carboxylic acids is 3. The van der Waals surface area contributed by atoms with Crippen molar-refractivity contribution in [1.29, 1.82) is 0 Å². The van der Waals surface area contributed by atoms with Gasteiger partial charge in [0, 0.05) is 17.2 Å². The van der Waals surface area contributed by atoms with E-state index in [0.29, 0.717) is 5.56 Å². The van der Waals surface area contributed by atoms with E-state index in [1.807, 2.05) is 0 Å². The number of rotatable bonds is 3. The first kappa shape index (κ1) is 15.0. The van der Waals surface area contributed by atoms with Crippen LogP contribution in [0.3, 0.4) is 0 Å². The molecule has 0 heterocycles. The number of carbonyl (C=O) groups is 3. The van der Waals surface area contributed by atoms with Crippen LogP contribution in [0, 0.1) is 0 Å². The smallest absolute Gasteiger partial charge is 0.344 e. The third-order valence-corrected chi connectivity index (χ3v) is 2.69. The van der Waals surface area contributed by atoms with Crippen molar-refractivity contribution in [2.75, 3.05) is 6.61 Å². The number of ether oxygens (including phenoxy) is 2. The van der Waals surface area contributed by atoms with Gasteiger partial charge >= 0.3 is 5.97 Å². The van der Waals surface area contributed by atoms with Gasteiger partial charge in [-0.2, -0.15) is 0 Å². The monoisotopic (exact) mass is 288 g/mol. The predicted molar refractivity (Wildman–Crippen MR) is 75.0 cm³/mol. The summed E-state index contributed by atoms with van der Waals surface area (Å²) in [5.74, 6) is -1.45. The Balaban J connectivity index is 2.08. The maximum atomic E-state index is 12.2. The number of fused-ring (bicyclic) bond motifs is 1. The molecule has 1 aromatic carbocycles. The Morgan fingerprint density at radius 3 is 2.33 bits per heavy atom. The van der Waals surface area contributed by atoms with Crippen molar-refractivity contribution in [2.24, 2.45) is 0 Å². The fourth-order valence-electron chi connectivity index (χ4n) is 1.91. The molecule has 110 valence electrons. The molecule has 0 aliphatic heterocycles. The van der Waals surface area contributed by atoms with Gasteiger partial charge in [-0.1, -0.05) is 24.3 Å². The van der Waals surface area contributed by atoms with Crippen LogP contribution in [0.1, 0.15) is 41.5 Å². The average molecular weight is 288 g/mol. The van der Waals surface area contributed by atoms with Crippen LogP contribution >= 0.6 is 0 Å². The summed E-state index contributed by atoms with van der Waals surface area (Å²) in [5, 5.41) is 0. The molecule has 1 aliphatic carbocycles. The summed E-state index contributed by atoms with van der Waals surface area (Å²) in [6, 6.07) is 6.49. The normalized spacial score (nSPS) is 14.3. The van der Waals surface area contributed by atoms with Crippen LogP contribution in [0.15, 0.2) is 36.1 Å². The molecule has 0 bridgehead atoms. The van der Waals surface area contributed by atoms with Crippen molar-refractivity contribution in [3.05, 3.63) is 47.2 Å². The van der Waals surface area contributed by atoms with Gasteiger partial charge in [0.15, 0.2) is 18.1 Å². The lowest BCUT2D eigenvalue weighted by molar-refractivity contribution is -0.158. The van der Waals surface area contributed by atoms with Crippen LogP contribution in [0.2, 0.25) is 0 Å². The maximum Gasteiger partial charge on any atom is 0.344 e. The Hall–Kier alpha value is -2.43. The highest BCUT2D eigenvalue weighted by Gasteiger charge is 2.27. The lowest BCUT2D eigenvalue weighted by Gasteiger charge is -2.20. The van der Waals surface area contributed by atoms with Crippen molar-refractivity contribution < 1.29 is 23.9 Å². The van der Waals surface area contributed by atoms with Gasteiger partial charge < -0.3 is 9.47 Å². The van der Waals surface area contributed by atoms with Gasteiger partial charge in [-0.3, -0.25) is 9.59 Å². The van der Waals surface area contributed by atoms with Crippen LogP contribution in [-0.4, -0.2) is 29.7 Å². The summed E-state index contributed by atoms with van der Waals surface area (Å²) in [6.07, 6.45) is 1.11. The molecule has 5 heteroatoms. The number of benzene rings is 1. The fourth-order valence-corrected chi connectivity index (χ4v) is 1.91. The summed E-state index contributed by atoms with van der Waals surface area (Å²) in [4.78, 5) is 35.6. The molecular weight excluding hydrogens is 272 g/mol. The Morgan fingerprint density at radius 1 is 1.10 bits per heavy atom. The maximum absolute atomic E-state index is 12.2. The van der Waals surface area contributed by atoms with E-state index in [-0.39, 0.29) is 17.1 Å². The van der Waals surface area contributed by atoms with E-state index in [4.69, 9.17) is 9.47 Å². The number of allylic oxidation sites excluding steroid dienone is 2. The van der Waals surface area contributed by atoms with Gasteiger partial charge in [0.2, 0.25) is 5.78 Å². The van der Waals surface area contributed by atoms with Crippen molar-refractivity contribution in [1.82, 2.24) is 0 Å². The number of Topliss-reactive ketones (excluding diaryl/α,β-unsaturated/α-hetero) is 1. The average Bonchev–Trinajstić information content (AvgIpc) is 2.39. The van der Waals surface area contributed by atoms with Crippen LogP contribution in [0.4, 0.5) is 0 Å². The number of esters is 1. The highest BCUT2D eigenvalue weighted by molar-refractivity contribution is 6.23. The first-order valence-electron chi connectivity index (χ1n) is 6.52. The van der Waals surface area contributed by atoms with Crippen molar-refractivity contribution in [3.8, 4) is 0 Å². The molecule has 0 fully saturated rings. The molecule has 0 N–H and O–H groups in total. The highest BCUT2D eigenvalue weighted by atomic mass is 16.6. The molecule has 0 amide bonds. The second kappa shape index (κ2) is 5.52. The van der Waals surface area contributed by atoms with Crippen LogP contribution in [0.25, 0.3) is 0 Å². The Bertz CT molecular complexity index is 634. The van der Waals surface area contributed by atoms with E-state index in [2.05, 4.69) is 0 Å². The number of hydrogen-bond donors (Lipinski definition) is 0. The number of hydrogen-bond acceptors (Lipinski definition) is 5. The third-order valence-electron chi connectivity index (χ3n) is 2.69. The van der Waals surface area contributed by atoms with Crippen molar-refractivity contribution in [3.63, 3.8) is 0 Å². The zero-order valence-corrected chi connectivity index (χ0v) is 12.1. The molecule has 0 saturated heterocycles. The minimum atomic E-state index is -0.631. The summed E-state index contributed by atoms with van der Waals surface area (Å²) >= 11 is 0. The van der Waals surface area contributed by atoms with E-state index in [1.54, 1.807) is 45.0 Å². The second-order valence-corrected chi connectivity index (χ2v) is 5.62. The highest BCUT2D eigenvalue weighted by Crippen LogP contribution is 2.21. The molecule has 0 atom stereocenters. The third kappa shape index (κ3) is 3.56. The minimum absolute atomic E-state index is 0.135. The van der Waals surface area contributed by atoms with Gasteiger partial charge in [0.25, 0.3) is 0 Å². The lowest BCUT2D eigenvalue weighted by Crippen LogP contribution is -2.27. The van der Waals surface area contributed by atoms with Crippen LogP contribution < -0.4 is 0 Å². The molecule has 0 saturated carbocycles. The topological polar surface area (TPSA) is 69.7 Å². The van der Waals surface area contributed by atoms with Crippen molar-refractivity contribution in [2.45, 2.75) is 26.4 Å². The quantitative estimate of drug-likeness (QED) is 0.798. The molecule has 5 nitrogen and oxygen atoms in total. The lowest BCUT2D eigenvalue weighted by atomic mass is 9.94. The van der Waals surface area contributed by atoms with Gasteiger partial charge in [-0.25, -0.2) is 4.79 Å². The predicted octanol–water partition coefficient (Wildman–Crippen LogP) is 2.31. The summed E-state index contributed by atoms with van der Waals surface area (Å²) in [7, 11) is 0. The van der Waals surface area contributed by atoms with Crippen LogP contribution in [0.5, 0.6) is 0 Å². The minimum Gasteiger partial charge on any atom is -0.478 e. The summed E-state index contributed by atoms with van der Waals surface area (Å²) in [5.41, 5.74) is -0.00955. The Labute approximate surface area is 122 Å². The molecular formula is C16H16O5. The summed E-state index contributed by atoms with van der Waals surface area (Å²) in [6.45, 7) is 4.78. The standard InChI is InChI=1S/C16H16O5/c1-16(2,3)21-14(18)9-20-13-8-12(17)10-6-4-5-7-11(10)15(13)19/h4-8H,9H2,1-3H3. The zero-order valence-electron chi connectivity index (χ0n) is 12.1. The van der Waals surface area contributed by atoms with E-state index >= 15 is 0 Å². The largest absolute Gasteiger partial charge is 0.478 e.